The first-order valence-corrected chi connectivity index (χ1v) is 12.4. The Labute approximate surface area is 221 Å². The standard InChI is InChI=1S/C26H21ClFN7O3/c1-13-32-23(35-38-13)21-18(9-17(27)10-19(21)28)16-8-14-2-3-20(22(14)29-11-16)33-25(37)26(5-6-26)34-24(36)15-4-7-30-31-12-15/h4,7-12,20H,2-3,5-6H2,1H3,(H,33,37)(H,34,36)/t20-/m0/s1. The number of amides is 2. The molecule has 1 saturated carbocycles. The summed E-state index contributed by atoms with van der Waals surface area (Å²) in [6.07, 6.45) is 6.82. The number of hydrogen-bond donors (Lipinski definition) is 2. The van der Waals surface area contributed by atoms with E-state index in [1.54, 1.807) is 25.3 Å². The van der Waals surface area contributed by atoms with Crippen molar-refractivity contribution >= 4 is 23.4 Å². The van der Waals surface area contributed by atoms with Gasteiger partial charge in [0.25, 0.3) is 5.91 Å². The Hall–Kier alpha value is -4.25. The van der Waals surface area contributed by atoms with Crippen LogP contribution in [0.1, 0.15) is 52.8 Å². The lowest BCUT2D eigenvalue weighted by molar-refractivity contribution is -0.124. The van der Waals surface area contributed by atoms with Crippen LogP contribution in [0.4, 0.5) is 4.39 Å². The number of nitrogens with zero attached hydrogens (tertiary/aromatic N) is 5. The Morgan fingerprint density at radius 2 is 2.03 bits per heavy atom. The molecule has 2 amide bonds. The number of pyridine rings is 1. The molecule has 4 aromatic rings. The maximum absolute atomic E-state index is 15.0. The summed E-state index contributed by atoms with van der Waals surface area (Å²) < 4.78 is 20.0. The first-order chi connectivity index (χ1) is 18.3. The highest BCUT2D eigenvalue weighted by molar-refractivity contribution is 6.31. The van der Waals surface area contributed by atoms with Gasteiger partial charge in [0.15, 0.2) is 0 Å². The zero-order valence-corrected chi connectivity index (χ0v) is 20.9. The molecule has 0 unspecified atom stereocenters. The van der Waals surface area contributed by atoms with Crippen LogP contribution >= 0.6 is 11.6 Å². The third kappa shape index (κ3) is 4.38. The van der Waals surface area contributed by atoms with Gasteiger partial charge in [0.1, 0.15) is 11.4 Å². The summed E-state index contributed by atoms with van der Waals surface area (Å²) >= 11 is 6.18. The first kappa shape index (κ1) is 24.1. The molecule has 0 aliphatic heterocycles. The van der Waals surface area contributed by atoms with Gasteiger partial charge in [-0.15, -0.1) is 0 Å². The molecule has 1 fully saturated rings. The van der Waals surface area contributed by atoms with Gasteiger partial charge in [-0.1, -0.05) is 16.8 Å². The van der Waals surface area contributed by atoms with Gasteiger partial charge in [-0.25, -0.2) is 4.39 Å². The van der Waals surface area contributed by atoms with Gasteiger partial charge in [0, 0.05) is 23.7 Å². The summed E-state index contributed by atoms with van der Waals surface area (Å²) in [6.45, 7) is 1.63. The third-order valence-electron chi connectivity index (χ3n) is 6.84. The fourth-order valence-electron chi connectivity index (χ4n) is 4.73. The minimum Gasteiger partial charge on any atom is -0.346 e. The highest BCUT2D eigenvalue weighted by Gasteiger charge is 2.52. The van der Waals surface area contributed by atoms with Gasteiger partial charge in [-0.2, -0.15) is 15.2 Å². The van der Waals surface area contributed by atoms with Crippen molar-refractivity contribution in [3.05, 3.63) is 76.4 Å². The maximum atomic E-state index is 15.0. The van der Waals surface area contributed by atoms with Gasteiger partial charge < -0.3 is 15.2 Å². The molecule has 0 bridgehead atoms. The fourth-order valence-corrected chi connectivity index (χ4v) is 4.94. The molecule has 2 N–H and O–H groups in total. The molecule has 2 aliphatic rings. The number of nitrogens with one attached hydrogen (secondary N) is 2. The van der Waals surface area contributed by atoms with Crippen molar-refractivity contribution in [2.75, 3.05) is 0 Å². The summed E-state index contributed by atoms with van der Waals surface area (Å²) in [6, 6.07) is 6.00. The van der Waals surface area contributed by atoms with Crippen LogP contribution in [0, 0.1) is 12.7 Å². The van der Waals surface area contributed by atoms with E-state index in [0.717, 1.165) is 11.3 Å². The molecule has 0 radical (unpaired) electrons. The van der Waals surface area contributed by atoms with Crippen LogP contribution in [0.15, 0.2) is 47.4 Å². The number of fused-ring (bicyclic) bond motifs is 1. The molecular weight excluding hydrogens is 513 g/mol. The van der Waals surface area contributed by atoms with E-state index >= 15 is 0 Å². The SMILES string of the molecule is Cc1nc(-c2c(F)cc(Cl)cc2-c2cnc3c(c2)CC[C@@H]3NC(=O)C2(NC(=O)c3ccnnc3)CC2)no1. The highest BCUT2D eigenvalue weighted by atomic mass is 35.5. The fraction of sp³-hybridized carbons (Fsp3) is 0.269. The zero-order valence-electron chi connectivity index (χ0n) is 20.2. The highest BCUT2D eigenvalue weighted by Crippen LogP contribution is 2.40. The molecule has 192 valence electrons. The lowest BCUT2D eigenvalue weighted by atomic mass is 9.98. The molecule has 1 atom stereocenters. The Bertz CT molecular complexity index is 1570. The Kier molecular flexibility index (Phi) is 5.87. The van der Waals surface area contributed by atoms with E-state index in [-0.39, 0.29) is 34.3 Å². The molecule has 10 nitrogen and oxygen atoms in total. The lowest BCUT2D eigenvalue weighted by Crippen LogP contribution is -2.49. The van der Waals surface area contributed by atoms with Crippen LogP contribution in [0.5, 0.6) is 0 Å². The molecule has 38 heavy (non-hydrogen) atoms. The van der Waals surface area contributed by atoms with Crippen molar-refractivity contribution in [2.24, 2.45) is 0 Å². The molecular formula is C26H21ClFN7O3. The van der Waals surface area contributed by atoms with Crippen molar-refractivity contribution in [2.45, 2.75) is 44.2 Å². The molecule has 0 saturated heterocycles. The number of aromatic nitrogens is 5. The van der Waals surface area contributed by atoms with Crippen LogP contribution in [0.3, 0.4) is 0 Å². The molecule has 6 rings (SSSR count). The summed E-state index contributed by atoms with van der Waals surface area (Å²) in [7, 11) is 0. The van der Waals surface area contributed by atoms with Crippen LogP contribution in [-0.2, 0) is 11.2 Å². The van der Waals surface area contributed by atoms with Crippen LogP contribution in [0.25, 0.3) is 22.5 Å². The van der Waals surface area contributed by atoms with Crippen LogP contribution < -0.4 is 10.6 Å². The zero-order chi connectivity index (χ0) is 26.4. The summed E-state index contributed by atoms with van der Waals surface area (Å²) in [5, 5.41) is 17.4. The van der Waals surface area contributed by atoms with Gasteiger partial charge in [-0.3, -0.25) is 14.6 Å². The third-order valence-corrected chi connectivity index (χ3v) is 7.06. The lowest BCUT2D eigenvalue weighted by Gasteiger charge is -2.21. The summed E-state index contributed by atoms with van der Waals surface area (Å²) in [5.41, 5.74) is 2.37. The molecule has 0 spiro atoms. The second-order valence-electron chi connectivity index (χ2n) is 9.45. The van der Waals surface area contributed by atoms with E-state index < -0.39 is 11.4 Å². The molecule has 2 aliphatic carbocycles. The van der Waals surface area contributed by atoms with Crippen molar-refractivity contribution in [1.29, 1.82) is 0 Å². The van der Waals surface area contributed by atoms with Gasteiger partial charge in [0.05, 0.1) is 35.3 Å². The maximum Gasteiger partial charge on any atom is 0.253 e. The predicted molar refractivity (Wildman–Crippen MR) is 133 cm³/mol. The van der Waals surface area contributed by atoms with Crippen molar-refractivity contribution in [1.82, 2.24) is 36.0 Å². The van der Waals surface area contributed by atoms with E-state index in [4.69, 9.17) is 16.1 Å². The number of aryl methyl sites for hydroxylation is 2. The summed E-state index contributed by atoms with van der Waals surface area (Å²) in [4.78, 5) is 34.5. The van der Waals surface area contributed by atoms with Gasteiger partial charge >= 0.3 is 0 Å². The number of carbonyl (C=O) groups is 2. The predicted octanol–water partition coefficient (Wildman–Crippen LogP) is 3.76. The van der Waals surface area contributed by atoms with Crippen LogP contribution in [0.2, 0.25) is 5.02 Å². The monoisotopic (exact) mass is 533 g/mol. The first-order valence-electron chi connectivity index (χ1n) is 12.0. The molecule has 1 aromatic carbocycles. The van der Waals surface area contributed by atoms with Crippen molar-refractivity contribution in [3.63, 3.8) is 0 Å². The number of hydrogen-bond acceptors (Lipinski definition) is 8. The van der Waals surface area contributed by atoms with E-state index in [2.05, 4.69) is 36.0 Å². The quantitative estimate of drug-likeness (QED) is 0.382. The van der Waals surface area contributed by atoms with E-state index in [1.165, 1.54) is 18.5 Å². The second-order valence-corrected chi connectivity index (χ2v) is 9.88. The largest absolute Gasteiger partial charge is 0.346 e. The number of halogens is 2. The Balaban J connectivity index is 1.23. The topological polar surface area (TPSA) is 136 Å². The molecule has 3 aromatic heterocycles. The number of benzene rings is 1. The Morgan fingerprint density at radius 1 is 1.18 bits per heavy atom. The average molecular weight is 534 g/mol. The van der Waals surface area contributed by atoms with E-state index in [9.17, 15) is 14.0 Å². The van der Waals surface area contributed by atoms with Crippen LogP contribution in [-0.4, -0.2) is 42.7 Å². The van der Waals surface area contributed by atoms with E-state index in [0.29, 0.717) is 48.3 Å². The summed E-state index contributed by atoms with van der Waals surface area (Å²) in [5.74, 6) is -0.755. The minimum atomic E-state index is -0.945. The van der Waals surface area contributed by atoms with Gasteiger partial charge in [-0.05, 0) is 61.1 Å². The average Bonchev–Trinajstić information content (AvgIpc) is 3.40. The van der Waals surface area contributed by atoms with Crippen molar-refractivity contribution in [3.8, 4) is 22.5 Å². The minimum absolute atomic E-state index is 0.122. The Morgan fingerprint density at radius 3 is 2.74 bits per heavy atom. The molecule has 3 heterocycles. The van der Waals surface area contributed by atoms with Crippen molar-refractivity contribution < 1.29 is 18.5 Å². The van der Waals surface area contributed by atoms with Gasteiger partial charge in [0.2, 0.25) is 17.6 Å². The smallest absolute Gasteiger partial charge is 0.253 e. The number of rotatable bonds is 6. The second kappa shape index (κ2) is 9.25. The van der Waals surface area contributed by atoms with E-state index in [1.807, 2.05) is 6.07 Å². The molecule has 12 heteroatoms. The normalized spacial score (nSPS) is 17.1. The number of carbonyl (C=O) groups excluding carboxylic acids is 2.